The third kappa shape index (κ3) is 3.93. The lowest BCUT2D eigenvalue weighted by atomic mass is 9.89. The fourth-order valence-electron chi connectivity index (χ4n) is 2.98. The Bertz CT molecular complexity index is 316. The molecule has 0 aromatic heterocycles. The summed E-state index contributed by atoms with van der Waals surface area (Å²) in [5.74, 6) is 0.108. The molecule has 116 valence electrons. The largest absolute Gasteiger partial charge is 0.381 e. The SMILES string of the molecule is CCCOC1CCCN(C(=O)C2(N)CCOCC2)CC1. The van der Waals surface area contributed by atoms with Gasteiger partial charge in [0.1, 0.15) is 0 Å². The van der Waals surface area contributed by atoms with Crippen molar-refractivity contribution in [2.75, 3.05) is 32.9 Å². The molecule has 2 aliphatic rings. The van der Waals surface area contributed by atoms with Gasteiger partial charge < -0.3 is 20.1 Å². The first-order valence-corrected chi connectivity index (χ1v) is 7.93. The van der Waals surface area contributed by atoms with Gasteiger partial charge in [0.2, 0.25) is 5.91 Å². The first kappa shape index (κ1) is 15.7. The molecule has 1 atom stereocenters. The highest BCUT2D eigenvalue weighted by Crippen LogP contribution is 2.23. The maximum absolute atomic E-state index is 12.7. The van der Waals surface area contributed by atoms with Crippen molar-refractivity contribution in [1.29, 1.82) is 0 Å². The molecule has 0 aliphatic carbocycles. The number of rotatable bonds is 4. The zero-order valence-electron chi connectivity index (χ0n) is 12.6. The van der Waals surface area contributed by atoms with Gasteiger partial charge in [0.15, 0.2) is 0 Å². The molecule has 0 bridgehead atoms. The van der Waals surface area contributed by atoms with Gasteiger partial charge in [-0.2, -0.15) is 0 Å². The second kappa shape index (κ2) is 7.38. The van der Waals surface area contributed by atoms with Gasteiger partial charge in [-0.3, -0.25) is 4.79 Å². The van der Waals surface area contributed by atoms with Gasteiger partial charge in [0.05, 0.1) is 11.6 Å². The highest BCUT2D eigenvalue weighted by Gasteiger charge is 2.39. The van der Waals surface area contributed by atoms with Crippen LogP contribution in [0.15, 0.2) is 0 Å². The number of hydrogen-bond acceptors (Lipinski definition) is 4. The Labute approximate surface area is 121 Å². The molecule has 2 saturated heterocycles. The summed E-state index contributed by atoms with van der Waals surface area (Å²) in [5, 5.41) is 0. The molecule has 0 aromatic rings. The minimum absolute atomic E-state index is 0.108. The zero-order chi connectivity index (χ0) is 14.4. The molecule has 2 heterocycles. The lowest BCUT2D eigenvalue weighted by molar-refractivity contribution is -0.140. The van der Waals surface area contributed by atoms with Gasteiger partial charge in [-0.1, -0.05) is 6.92 Å². The summed E-state index contributed by atoms with van der Waals surface area (Å²) in [4.78, 5) is 14.6. The van der Waals surface area contributed by atoms with E-state index in [4.69, 9.17) is 15.2 Å². The Morgan fingerprint density at radius 1 is 1.35 bits per heavy atom. The Hall–Kier alpha value is -0.650. The standard InChI is InChI=1S/C15H28N2O3/c1-2-10-20-13-4-3-8-17(9-5-13)14(18)15(16)6-11-19-12-7-15/h13H,2-12,16H2,1H3. The van der Waals surface area contributed by atoms with Gasteiger partial charge in [-0.25, -0.2) is 0 Å². The van der Waals surface area contributed by atoms with E-state index in [9.17, 15) is 4.79 Å². The molecule has 1 unspecified atom stereocenters. The fourth-order valence-corrected chi connectivity index (χ4v) is 2.98. The number of ether oxygens (including phenoxy) is 2. The Kier molecular flexibility index (Phi) is 5.81. The molecule has 0 spiro atoms. The molecule has 0 radical (unpaired) electrons. The first-order chi connectivity index (χ1) is 9.65. The van der Waals surface area contributed by atoms with Crippen molar-refractivity contribution < 1.29 is 14.3 Å². The van der Waals surface area contributed by atoms with Gasteiger partial charge in [-0.05, 0) is 38.5 Å². The van der Waals surface area contributed by atoms with Crippen molar-refractivity contribution in [3.05, 3.63) is 0 Å². The van der Waals surface area contributed by atoms with Crippen molar-refractivity contribution in [1.82, 2.24) is 4.90 Å². The van der Waals surface area contributed by atoms with Crippen LogP contribution in [0.5, 0.6) is 0 Å². The van der Waals surface area contributed by atoms with Crippen LogP contribution < -0.4 is 5.73 Å². The van der Waals surface area contributed by atoms with E-state index < -0.39 is 5.54 Å². The van der Waals surface area contributed by atoms with E-state index in [1.165, 1.54) is 0 Å². The van der Waals surface area contributed by atoms with Crippen molar-refractivity contribution in [2.24, 2.45) is 5.73 Å². The van der Waals surface area contributed by atoms with Crippen LogP contribution in [-0.4, -0.2) is 55.4 Å². The molecule has 2 rings (SSSR count). The number of nitrogens with zero attached hydrogens (tertiary/aromatic N) is 1. The molecule has 2 N–H and O–H groups in total. The lowest BCUT2D eigenvalue weighted by Gasteiger charge is -2.36. The Morgan fingerprint density at radius 2 is 2.10 bits per heavy atom. The number of nitrogens with two attached hydrogens (primary N) is 1. The van der Waals surface area contributed by atoms with Crippen LogP contribution in [0.4, 0.5) is 0 Å². The van der Waals surface area contributed by atoms with E-state index in [2.05, 4.69) is 6.92 Å². The van der Waals surface area contributed by atoms with Gasteiger partial charge in [0.25, 0.3) is 0 Å². The molecule has 5 nitrogen and oxygen atoms in total. The van der Waals surface area contributed by atoms with Crippen molar-refractivity contribution in [3.63, 3.8) is 0 Å². The number of hydrogen-bond donors (Lipinski definition) is 1. The molecular weight excluding hydrogens is 256 g/mol. The zero-order valence-corrected chi connectivity index (χ0v) is 12.6. The predicted molar refractivity (Wildman–Crippen MR) is 77.4 cm³/mol. The highest BCUT2D eigenvalue weighted by molar-refractivity contribution is 5.86. The van der Waals surface area contributed by atoms with E-state index in [-0.39, 0.29) is 5.91 Å². The third-order valence-electron chi connectivity index (χ3n) is 4.33. The monoisotopic (exact) mass is 284 g/mol. The minimum Gasteiger partial charge on any atom is -0.381 e. The van der Waals surface area contributed by atoms with Crippen molar-refractivity contribution in [2.45, 2.75) is 57.1 Å². The van der Waals surface area contributed by atoms with E-state index >= 15 is 0 Å². The summed E-state index contributed by atoms with van der Waals surface area (Å²) >= 11 is 0. The molecular formula is C15H28N2O3. The van der Waals surface area contributed by atoms with Crippen LogP contribution >= 0.6 is 0 Å². The third-order valence-corrected chi connectivity index (χ3v) is 4.33. The minimum atomic E-state index is -0.706. The maximum Gasteiger partial charge on any atom is 0.242 e. The molecule has 2 aliphatic heterocycles. The molecule has 1 amide bonds. The predicted octanol–water partition coefficient (Wildman–Crippen LogP) is 1.30. The van der Waals surface area contributed by atoms with Crippen LogP contribution in [0, 0.1) is 0 Å². The summed E-state index contributed by atoms with van der Waals surface area (Å²) in [5.41, 5.74) is 5.59. The summed E-state index contributed by atoms with van der Waals surface area (Å²) in [6.07, 6.45) is 5.60. The second-order valence-electron chi connectivity index (χ2n) is 5.98. The van der Waals surface area contributed by atoms with Crippen LogP contribution in [0.3, 0.4) is 0 Å². The van der Waals surface area contributed by atoms with Crippen LogP contribution in [0.1, 0.15) is 45.4 Å². The summed E-state index contributed by atoms with van der Waals surface area (Å²) in [7, 11) is 0. The van der Waals surface area contributed by atoms with Gasteiger partial charge in [0, 0.05) is 32.9 Å². The Morgan fingerprint density at radius 3 is 2.80 bits per heavy atom. The van der Waals surface area contributed by atoms with E-state index in [1.54, 1.807) is 0 Å². The van der Waals surface area contributed by atoms with Gasteiger partial charge in [-0.15, -0.1) is 0 Å². The Balaban J connectivity index is 1.87. The highest BCUT2D eigenvalue weighted by atomic mass is 16.5. The molecule has 0 saturated carbocycles. The van der Waals surface area contributed by atoms with Crippen LogP contribution in [-0.2, 0) is 14.3 Å². The number of likely N-dealkylation sites (tertiary alicyclic amines) is 1. The smallest absolute Gasteiger partial charge is 0.242 e. The fraction of sp³-hybridized carbons (Fsp3) is 0.933. The summed E-state index contributed by atoms with van der Waals surface area (Å²) in [6.45, 7) is 5.71. The van der Waals surface area contributed by atoms with E-state index in [0.29, 0.717) is 32.2 Å². The van der Waals surface area contributed by atoms with Crippen LogP contribution in [0.2, 0.25) is 0 Å². The van der Waals surface area contributed by atoms with E-state index in [0.717, 1.165) is 45.4 Å². The summed E-state index contributed by atoms with van der Waals surface area (Å²) < 4.78 is 11.1. The average molecular weight is 284 g/mol. The lowest BCUT2D eigenvalue weighted by Crippen LogP contribution is -2.58. The summed E-state index contributed by atoms with van der Waals surface area (Å²) in [6, 6.07) is 0. The number of amides is 1. The van der Waals surface area contributed by atoms with Gasteiger partial charge >= 0.3 is 0 Å². The number of carbonyl (C=O) groups is 1. The number of carbonyl (C=O) groups excluding carboxylic acids is 1. The second-order valence-corrected chi connectivity index (χ2v) is 5.98. The van der Waals surface area contributed by atoms with E-state index in [1.807, 2.05) is 4.90 Å². The average Bonchev–Trinajstić information content (AvgIpc) is 2.70. The van der Waals surface area contributed by atoms with Crippen molar-refractivity contribution in [3.8, 4) is 0 Å². The molecule has 0 aromatic carbocycles. The van der Waals surface area contributed by atoms with Crippen molar-refractivity contribution >= 4 is 5.91 Å². The maximum atomic E-state index is 12.7. The molecule has 2 fully saturated rings. The van der Waals surface area contributed by atoms with Crippen LogP contribution in [0.25, 0.3) is 0 Å². The molecule has 20 heavy (non-hydrogen) atoms. The molecule has 5 heteroatoms. The quantitative estimate of drug-likeness (QED) is 0.845. The topological polar surface area (TPSA) is 64.8 Å². The first-order valence-electron chi connectivity index (χ1n) is 7.93. The normalized spacial score (nSPS) is 27.1.